The van der Waals surface area contributed by atoms with E-state index in [0.29, 0.717) is 0 Å². The molecule has 0 radical (unpaired) electrons. The first-order chi connectivity index (χ1) is 16.7. The van der Waals surface area contributed by atoms with Gasteiger partial charge in [-0.15, -0.1) is 0 Å². The van der Waals surface area contributed by atoms with Crippen LogP contribution in [-0.4, -0.2) is 4.57 Å². The van der Waals surface area contributed by atoms with Crippen LogP contribution in [0.25, 0.3) is 49.3 Å². The summed E-state index contributed by atoms with van der Waals surface area (Å²) >= 11 is 0. The van der Waals surface area contributed by atoms with Crippen LogP contribution in [0.4, 0.5) is 0 Å². The highest BCUT2D eigenvalue weighted by Crippen LogP contribution is 2.39. The molecule has 0 unspecified atom stereocenters. The summed E-state index contributed by atoms with van der Waals surface area (Å²) in [5.74, 6) is 0. The molecule has 0 bridgehead atoms. The van der Waals surface area contributed by atoms with Crippen molar-refractivity contribution in [2.24, 2.45) is 0 Å². The fraction of sp³-hybridized carbons (Fsp3) is 0.152. The van der Waals surface area contributed by atoms with E-state index < -0.39 is 0 Å². The van der Waals surface area contributed by atoms with Crippen molar-refractivity contribution in [1.29, 1.82) is 0 Å². The Morgan fingerprint density at radius 2 is 1.35 bits per heavy atom. The van der Waals surface area contributed by atoms with Crippen molar-refractivity contribution < 1.29 is 0 Å². The van der Waals surface area contributed by atoms with Crippen molar-refractivity contribution in [3.63, 3.8) is 0 Å². The van der Waals surface area contributed by atoms with Crippen molar-refractivity contribution in [2.75, 3.05) is 0 Å². The maximum atomic E-state index is 2.54. The van der Waals surface area contributed by atoms with Crippen molar-refractivity contribution in [3.05, 3.63) is 114 Å². The second-order valence-electron chi connectivity index (χ2n) is 9.38. The van der Waals surface area contributed by atoms with Gasteiger partial charge < -0.3 is 4.57 Å². The SMILES string of the molecule is CCCCc1cc2ccccc2n1-c1c(-c2ccc(C)cc2)ccc2cc3ccccc3cc12. The zero-order chi connectivity index (χ0) is 23.1. The Morgan fingerprint density at radius 3 is 2.12 bits per heavy atom. The van der Waals surface area contributed by atoms with Crippen LogP contribution in [0.15, 0.2) is 103 Å². The van der Waals surface area contributed by atoms with Crippen LogP contribution in [0, 0.1) is 6.92 Å². The fourth-order valence-corrected chi connectivity index (χ4v) is 5.22. The second kappa shape index (κ2) is 8.50. The molecular weight excluding hydrogens is 410 g/mol. The van der Waals surface area contributed by atoms with Crippen molar-refractivity contribution in [3.8, 4) is 16.8 Å². The number of hydrogen-bond donors (Lipinski definition) is 0. The van der Waals surface area contributed by atoms with Crippen LogP contribution in [0.3, 0.4) is 0 Å². The van der Waals surface area contributed by atoms with E-state index in [1.807, 2.05) is 0 Å². The molecule has 0 spiro atoms. The number of nitrogens with zero attached hydrogens (tertiary/aromatic N) is 1. The third-order valence-electron chi connectivity index (χ3n) is 7.02. The summed E-state index contributed by atoms with van der Waals surface area (Å²) in [5, 5.41) is 6.46. The summed E-state index contributed by atoms with van der Waals surface area (Å²) in [6.07, 6.45) is 3.44. The molecule has 166 valence electrons. The van der Waals surface area contributed by atoms with Crippen LogP contribution in [0.2, 0.25) is 0 Å². The predicted octanol–water partition coefficient (Wildman–Crippen LogP) is 9.25. The Balaban J connectivity index is 1.75. The van der Waals surface area contributed by atoms with Gasteiger partial charge in [0.2, 0.25) is 0 Å². The summed E-state index contributed by atoms with van der Waals surface area (Å²) in [6.45, 7) is 4.42. The molecule has 0 N–H and O–H groups in total. The van der Waals surface area contributed by atoms with Gasteiger partial charge in [-0.25, -0.2) is 0 Å². The second-order valence-corrected chi connectivity index (χ2v) is 9.38. The Hall–Kier alpha value is -3.84. The van der Waals surface area contributed by atoms with Crippen LogP contribution < -0.4 is 0 Å². The summed E-state index contributed by atoms with van der Waals surface area (Å²) in [5.41, 5.74) is 7.78. The first-order valence-electron chi connectivity index (χ1n) is 12.4. The maximum Gasteiger partial charge on any atom is 0.0615 e. The largest absolute Gasteiger partial charge is 0.312 e. The number of aryl methyl sites for hydroxylation is 2. The average molecular weight is 440 g/mol. The van der Waals surface area contributed by atoms with Gasteiger partial charge in [0.05, 0.1) is 11.2 Å². The van der Waals surface area contributed by atoms with Gasteiger partial charge in [-0.1, -0.05) is 97.8 Å². The van der Waals surface area contributed by atoms with E-state index in [2.05, 4.69) is 122 Å². The standard InChI is InChI=1S/C33H29N/c1-3-4-12-29-21-28-11-7-8-13-32(28)34(29)33-30(24-16-14-23(2)15-17-24)19-18-27-20-25-9-5-6-10-26(25)22-31(27)33/h5-11,13-22H,3-4,12H2,1-2H3. The first-order valence-corrected chi connectivity index (χ1v) is 12.4. The molecule has 0 saturated carbocycles. The Kier molecular flexibility index (Phi) is 5.19. The Morgan fingerprint density at radius 1 is 0.647 bits per heavy atom. The third-order valence-corrected chi connectivity index (χ3v) is 7.02. The van der Waals surface area contributed by atoms with E-state index in [1.54, 1.807) is 0 Å². The number of benzene rings is 5. The fourth-order valence-electron chi connectivity index (χ4n) is 5.22. The highest BCUT2D eigenvalue weighted by atomic mass is 15.0. The molecule has 1 nitrogen and oxygen atoms in total. The van der Waals surface area contributed by atoms with Crippen LogP contribution in [-0.2, 0) is 6.42 Å². The molecule has 1 heteroatoms. The summed E-state index contributed by atoms with van der Waals surface area (Å²) < 4.78 is 2.54. The minimum absolute atomic E-state index is 1.07. The number of hydrogen-bond acceptors (Lipinski definition) is 0. The van der Waals surface area contributed by atoms with E-state index >= 15 is 0 Å². The van der Waals surface area contributed by atoms with E-state index in [1.165, 1.54) is 73.4 Å². The molecule has 5 aromatic carbocycles. The van der Waals surface area contributed by atoms with Gasteiger partial charge in [0.15, 0.2) is 0 Å². The van der Waals surface area contributed by atoms with Gasteiger partial charge in [0, 0.05) is 22.0 Å². The molecule has 0 atom stereocenters. The van der Waals surface area contributed by atoms with Crippen molar-refractivity contribution >= 4 is 32.4 Å². The normalized spacial score (nSPS) is 11.6. The molecule has 0 amide bonds. The average Bonchev–Trinajstić information content (AvgIpc) is 3.24. The molecule has 0 aliphatic carbocycles. The van der Waals surface area contributed by atoms with Crippen LogP contribution in [0.5, 0.6) is 0 Å². The van der Waals surface area contributed by atoms with Gasteiger partial charge in [-0.3, -0.25) is 0 Å². The minimum Gasteiger partial charge on any atom is -0.312 e. The van der Waals surface area contributed by atoms with Crippen LogP contribution >= 0.6 is 0 Å². The lowest BCUT2D eigenvalue weighted by molar-refractivity contribution is 0.765. The molecule has 1 heterocycles. The number of rotatable bonds is 5. The van der Waals surface area contributed by atoms with E-state index in [9.17, 15) is 0 Å². The van der Waals surface area contributed by atoms with Crippen molar-refractivity contribution in [1.82, 2.24) is 4.57 Å². The summed E-state index contributed by atoms with van der Waals surface area (Å²) in [7, 11) is 0. The lowest BCUT2D eigenvalue weighted by Gasteiger charge is -2.19. The molecule has 0 aliphatic rings. The molecule has 0 aliphatic heterocycles. The number of fused-ring (bicyclic) bond motifs is 3. The highest BCUT2D eigenvalue weighted by molar-refractivity contribution is 6.06. The molecule has 1 aromatic heterocycles. The monoisotopic (exact) mass is 439 g/mol. The Labute approximate surface area is 201 Å². The molecule has 34 heavy (non-hydrogen) atoms. The number of unbranched alkanes of at least 4 members (excludes halogenated alkanes) is 1. The number of aromatic nitrogens is 1. The van der Waals surface area contributed by atoms with Crippen molar-refractivity contribution in [2.45, 2.75) is 33.1 Å². The quantitative estimate of drug-likeness (QED) is 0.236. The molecule has 0 saturated heterocycles. The van der Waals surface area contributed by atoms with Gasteiger partial charge >= 0.3 is 0 Å². The Bertz CT molecular complexity index is 1630. The smallest absolute Gasteiger partial charge is 0.0615 e. The predicted molar refractivity (Wildman–Crippen MR) is 147 cm³/mol. The molecular formula is C33H29N. The molecule has 6 rings (SSSR count). The molecule has 0 fully saturated rings. The van der Waals surface area contributed by atoms with Gasteiger partial charge in [0.25, 0.3) is 0 Å². The lowest BCUT2D eigenvalue weighted by Crippen LogP contribution is -2.04. The lowest BCUT2D eigenvalue weighted by atomic mass is 9.95. The van der Waals surface area contributed by atoms with Gasteiger partial charge in [-0.05, 0) is 65.8 Å². The maximum absolute atomic E-state index is 2.54. The zero-order valence-electron chi connectivity index (χ0n) is 19.9. The summed E-state index contributed by atoms with van der Waals surface area (Å²) in [4.78, 5) is 0. The van der Waals surface area contributed by atoms with Gasteiger partial charge in [0.1, 0.15) is 0 Å². The first kappa shape index (κ1) is 20.7. The van der Waals surface area contributed by atoms with E-state index in [0.717, 1.165) is 6.42 Å². The highest BCUT2D eigenvalue weighted by Gasteiger charge is 2.18. The molecule has 6 aromatic rings. The third kappa shape index (κ3) is 3.49. The van der Waals surface area contributed by atoms with Crippen LogP contribution in [0.1, 0.15) is 31.0 Å². The zero-order valence-corrected chi connectivity index (χ0v) is 19.9. The van der Waals surface area contributed by atoms with E-state index in [4.69, 9.17) is 0 Å². The van der Waals surface area contributed by atoms with E-state index in [-0.39, 0.29) is 0 Å². The number of para-hydroxylation sites is 1. The van der Waals surface area contributed by atoms with Gasteiger partial charge in [-0.2, -0.15) is 0 Å². The topological polar surface area (TPSA) is 4.93 Å². The summed E-state index contributed by atoms with van der Waals surface area (Å²) in [6, 6.07) is 38.2. The minimum atomic E-state index is 1.07.